The van der Waals surface area contributed by atoms with Gasteiger partial charge in [0.2, 0.25) is 17.6 Å². The summed E-state index contributed by atoms with van der Waals surface area (Å²) in [5.74, 6) is 0.483. The van der Waals surface area contributed by atoms with E-state index in [1.165, 1.54) is 0 Å². The fraction of sp³-hybridized carbons (Fsp3) is 0.520. The highest BCUT2D eigenvalue weighted by Crippen LogP contribution is 2.38. The molecule has 2 saturated heterocycles. The molecule has 1 aromatic heterocycles. The molecule has 0 aliphatic carbocycles. The third-order valence-electron chi connectivity index (χ3n) is 6.96. The van der Waals surface area contributed by atoms with Crippen molar-refractivity contribution < 1.29 is 9.59 Å². The third-order valence-corrected chi connectivity index (χ3v) is 6.96. The van der Waals surface area contributed by atoms with Crippen LogP contribution in [0.2, 0.25) is 0 Å². The van der Waals surface area contributed by atoms with Crippen LogP contribution >= 0.6 is 0 Å². The number of nitriles is 1. The van der Waals surface area contributed by atoms with Crippen molar-refractivity contribution in [2.75, 3.05) is 13.1 Å². The summed E-state index contributed by atoms with van der Waals surface area (Å²) in [6.07, 6.45) is 3.73. The summed E-state index contributed by atoms with van der Waals surface area (Å²) in [5, 5.41) is 16.2. The number of hydrogen-bond acceptors (Lipinski definition) is 7. The van der Waals surface area contributed by atoms with Gasteiger partial charge in [0.05, 0.1) is 10.9 Å². The van der Waals surface area contributed by atoms with Crippen LogP contribution in [0.5, 0.6) is 0 Å². The predicted octanol–water partition coefficient (Wildman–Crippen LogP) is 2.12. The molecule has 1 aromatic carbocycles. The molecular formula is C25H29N7O2. The summed E-state index contributed by atoms with van der Waals surface area (Å²) in [5.41, 5.74) is 3.26. The summed E-state index contributed by atoms with van der Waals surface area (Å²) in [6.45, 7) is 10.4. The van der Waals surface area contributed by atoms with E-state index in [-0.39, 0.29) is 23.1 Å². The van der Waals surface area contributed by atoms with Gasteiger partial charge >= 0.3 is 0 Å². The zero-order valence-corrected chi connectivity index (χ0v) is 20.0. The van der Waals surface area contributed by atoms with Crippen LogP contribution in [0.4, 0.5) is 5.82 Å². The van der Waals surface area contributed by atoms with Gasteiger partial charge in [0.15, 0.2) is 5.82 Å². The highest BCUT2D eigenvalue weighted by molar-refractivity contribution is 6.10. The molecule has 5 rings (SSSR count). The number of aliphatic imine (C=N–C) groups is 1. The normalized spacial score (nSPS) is 21.6. The molecule has 2 aromatic rings. The summed E-state index contributed by atoms with van der Waals surface area (Å²) < 4.78 is 0. The van der Waals surface area contributed by atoms with Crippen LogP contribution in [0, 0.1) is 16.7 Å². The van der Waals surface area contributed by atoms with Gasteiger partial charge in [-0.05, 0) is 48.8 Å². The summed E-state index contributed by atoms with van der Waals surface area (Å²) in [7, 11) is 0. The van der Waals surface area contributed by atoms with Gasteiger partial charge in [-0.3, -0.25) is 14.5 Å². The van der Waals surface area contributed by atoms with Crippen molar-refractivity contribution in [1.29, 1.82) is 5.26 Å². The molecule has 0 bridgehead atoms. The molecule has 2 amide bonds. The quantitative estimate of drug-likeness (QED) is 0.618. The van der Waals surface area contributed by atoms with Gasteiger partial charge < -0.3 is 10.6 Å². The second-order valence-electron chi connectivity index (χ2n) is 10.8. The first-order chi connectivity index (χ1) is 16.1. The number of nitrogens with zero attached hydrogens (tertiary/aromatic N) is 5. The molecule has 1 atom stereocenters. The Hall–Kier alpha value is -3.38. The van der Waals surface area contributed by atoms with Gasteiger partial charge in [-0.1, -0.05) is 20.8 Å². The number of carbonyl (C=O) groups is 2. The molecule has 2 fully saturated rings. The van der Waals surface area contributed by atoms with Gasteiger partial charge in [0, 0.05) is 31.4 Å². The van der Waals surface area contributed by atoms with Gasteiger partial charge in [-0.25, -0.2) is 9.98 Å². The molecule has 34 heavy (non-hydrogen) atoms. The topological polar surface area (TPSA) is 123 Å². The average molecular weight is 460 g/mol. The number of amides is 2. The van der Waals surface area contributed by atoms with Crippen molar-refractivity contribution in [2.24, 2.45) is 10.4 Å². The molecule has 176 valence electrons. The van der Waals surface area contributed by atoms with Crippen LogP contribution in [0.3, 0.4) is 0 Å². The molecule has 1 spiro atoms. The van der Waals surface area contributed by atoms with Crippen molar-refractivity contribution in [2.45, 2.75) is 65.1 Å². The number of benzene rings is 1. The Kier molecular flexibility index (Phi) is 5.17. The highest BCUT2D eigenvalue weighted by atomic mass is 16.2. The highest BCUT2D eigenvalue weighted by Gasteiger charge is 2.47. The molecule has 1 unspecified atom stereocenters. The fourth-order valence-electron chi connectivity index (χ4n) is 5.16. The van der Waals surface area contributed by atoms with Crippen molar-refractivity contribution in [1.82, 2.24) is 25.5 Å². The monoisotopic (exact) mass is 459 g/mol. The van der Waals surface area contributed by atoms with E-state index >= 15 is 0 Å². The van der Waals surface area contributed by atoms with E-state index in [4.69, 9.17) is 0 Å². The molecular weight excluding hydrogens is 430 g/mol. The first-order valence-corrected chi connectivity index (χ1v) is 11.7. The first-order valence-electron chi connectivity index (χ1n) is 11.7. The summed E-state index contributed by atoms with van der Waals surface area (Å²) >= 11 is 0. The lowest BCUT2D eigenvalue weighted by atomic mass is 9.82. The number of hydrogen-bond donors (Lipinski definition) is 2. The third kappa shape index (κ3) is 3.82. The number of nitrogens with one attached hydrogen (secondary N) is 2. The Bertz CT molecular complexity index is 1280. The molecule has 2 N–H and O–H groups in total. The zero-order chi connectivity index (χ0) is 24.3. The van der Waals surface area contributed by atoms with Crippen LogP contribution in [0.15, 0.2) is 11.1 Å². The molecule has 0 radical (unpaired) electrons. The second-order valence-corrected chi connectivity index (χ2v) is 10.8. The average Bonchev–Trinajstić information content (AvgIpc) is 3.19. The van der Waals surface area contributed by atoms with Crippen molar-refractivity contribution in [3.8, 4) is 6.07 Å². The van der Waals surface area contributed by atoms with Gasteiger partial charge in [-0.15, -0.1) is 0 Å². The Morgan fingerprint density at radius 2 is 1.97 bits per heavy atom. The SMILES string of the molecule is CC1NC(=O)C2(CCN(Cc3cc4c5c(nc(C#N)nc5c3CC(C)(C)C)N=C4)CC2)NC1=O. The largest absolute Gasteiger partial charge is 0.343 e. The number of likely N-dealkylation sites (tertiary alicyclic amines) is 1. The Labute approximate surface area is 198 Å². The number of carbonyl (C=O) groups excluding carboxylic acids is 2. The lowest BCUT2D eigenvalue weighted by Crippen LogP contribution is -2.71. The summed E-state index contributed by atoms with van der Waals surface area (Å²) in [4.78, 5) is 40.6. The van der Waals surface area contributed by atoms with E-state index in [0.717, 1.165) is 34.0 Å². The van der Waals surface area contributed by atoms with E-state index in [1.54, 1.807) is 13.1 Å². The van der Waals surface area contributed by atoms with E-state index in [1.807, 2.05) is 0 Å². The van der Waals surface area contributed by atoms with E-state index in [9.17, 15) is 14.9 Å². The molecule has 3 aliphatic rings. The van der Waals surface area contributed by atoms with Crippen LogP contribution in [-0.2, 0) is 22.6 Å². The smallest absolute Gasteiger partial charge is 0.246 e. The van der Waals surface area contributed by atoms with Crippen LogP contribution in [0.25, 0.3) is 10.9 Å². The molecule has 3 aliphatic heterocycles. The van der Waals surface area contributed by atoms with Gasteiger partial charge in [0.25, 0.3) is 0 Å². The molecule has 4 heterocycles. The molecule has 9 nitrogen and oxygen atoms in total. The maximum Gasteiger partial charge on any atom is 0.246 e. The van der Waals surface area contributed by atoms with Crippen LogP contribution < -0.4 is 10.6 Å². The van der Waals surface area contributed by atoms with Crippen LogP contribution in [-0.4, -0.2) is 57.6 Å². The van der Waals surface area contributed by atoms with E-state index in [0.29, 0.717) is 38.3 Å². The number of rotatable bonds is 3. The first kappa shape index (κ1) is 22.4. The minimum Gasteiger partial charge on any atom is -0.343 e. The van der Waals surface area contributed by atoms with Crippen molar-refractivity contribution >= 4 is 34.7 Å². The lowest BCUT2D eigenvalue weighted by molar-refractivity contribution is -0.143. The van der Waals surface area contributed by atoms with Crippen molar-refractivity contribution in [3.63, 3.8) is 0 Å². The maximum atomic E-state index is 12.7. The van der Waals surface area contributed by atoms with Crippen LogP contribution in [0.1, 0.15) is 63.1 Å². The number of piperidine rings is 1. The molecule has 9 heteroatoms. The minimum atomic E-state index is -0.817. The number of piperazine rings is 1. The Morgan fingerprint density at radius 3 is 2.65 bits per heavy atom. The Morgan fingerprint density at radius 1 is 1.24 bits per heavy atom. The summed E-state index contributed by atoms with van der Waals surface area (Å²) in [6, 6.07) is 3.75. The van der Waals surface area contributed by atoms with Gasteiger partial charge in [-0.2, -0.15) is 10.2 Å². The number of aromatic nitrogens is 2. The standard InChI is InChI=1S/C25H29N7O2/c1-14-22(33)31-25(23(34)28-14)5-7-32(8-6-25)13-16-9-15-12-27-21-19(15)20(29-18(11-26)30-21)17(16)10-24(2,3)4/h9,12,14H,5-8,10,13H2,1-4H3,(H,28,34)(H,31,33). The van der Waals surface area contributed by atoms with E-state index < -0.39 is 11.6 Å². The van der Waals surface area contributed by atoms with Gasteiger partial charge in [0.1, 0.15) is 17.6 Å². The predicted molar refractivity (Wildman–Crippen MR) is 128 cm³/mol. The Balaban J connectivity index is 1.46. The van der Waals surface area contributed by atoms with E-state index in [2.05, 4.69) is 63.4 Å². The maximum absolute atomic E-state index is 12.7. The molecule has 0 saturated carbocycles. The minimum absolute atomic E-state index is 0.0170. The van der Waals surface area contributed by atoms with Crippen molar-refractivity contribution in [3.05, 3.63) is 28.6 Å². The zero-order valence-electron chi connectivity index (χ0n) is 20.0. The second kappa shape index (κ2) is 7.84. The fourth-order valence-corrected chi connectivity index (χ4v) is 5.16. The lowest BCUT2D eigenvalue weighted by Gasteiger charge is -2.44.